The average Bonchev–Trinajstić information content (AvgIpc) is 2.45. The Morgan fingerprint density at radius 1 is 1.20 bits per heavy atom. The molecule has 0 unspecified atom stereocenters. The largest absolute Gasteiger partial charge is 0.387 e. The topological polar surface area (TPSA) is 49.3 Å². The summed E-state index contributed by atoms with van der Waals surface area (Å²) >= 11 is 9.10. The first-order chi connectivity index (χ1) is 9.58. The Morgan fingerprint density at radius 2 is 1.85 bits per heavy atom. The molecule has 0 aliphatic rings. The molecule has 0 saturated heterocycles. The Kier molecular flexibility index (Phi) is 5.17. The van der Waals surface area contributed by atoms with E-state index in [0.717, 1.165) is 4.47 Å². The van der Waals surface area contributed by atoms with Crippen molar-refractivity contribution < 1.29 is 9.90 Å². The number of hydrogen-bond acceptors (Lipinski definition) is 2. The molecule has 1 amide bonds. The number of carbonyl (C=O) groups excluding carboxylic acids is 1. The van der Waals surface area contributed by atoms with Gasteiger partial charge < -0.3 is 10.4 Å². The Labute approximate surface area is 130 Å². The Morgan fingerprint density at radius 3 is 2.50 bits per heavy atom. The highest BCUT2D eigenvalue weighted by Gasteiger charge is 2.12. The number of benzene rings is 2. The third-order valence-corrected chi connectivity index (χ3v) is 3.77. The molecule has 2 N–H and O–H groups in total. The molecule has 5 heteroatoms. The van der Waals surface area contributed by atoms with Crippen molar-refractivity contribution in [1.82, 2.24) is 5.32 Å². The summed E-state index contributed by atoms with van der Waals surface area (Å²) in [6, 6.07) is 14.0. The van der Waals surface area contributed by atoms with E-state index < -0.39 is 6.10 Å². The average molecular weight is 355 g/mol. The van der Waals surface area contributed by atoms with Gasteiger partial charge in [-0.15, -0.1) is 0 Å². The van der Waals surface area contributed by atoms with E-state index in [1.54, 1.807) is 42.5 Å². The van der Waals surface area contributed by atoms with Crippen LogP contribution in [0.25, 0.3) is 0 Å². The van der Waals surface area contributed by atoms with E-state index >= 15 is 0 Å². The van der Waals surface area contributed by atoms with Crippen LogP contribution >= 0.6 is 27.5 Å². The second-order valence-corrected chi connectivity index (χ2v) is 5.55. The normalized spacial score (nSPS) is 11.9. The summed E-state index contributed by atoms with van der Waals surface area (Å²) in [5.74, 6) is -0.231. The van der Waals surface area contributed by atoms with Gasteiger partial charge in [0.1, 0.15) is 0 Å². The number of rotatable bonds is 4. The fourth-order valence-corrected chi connectivity index (χ4v) is 2.32. The maximum absolute atomic E-state index is 12.0. The lowest BCUT2D eigenvalue weighted by molar-refractivity contribution is 0.0915. The molecular weight excluding hydrogens is 342 g/mol. The zero-order valence-corrected chi connectivity index (χ0v) is 12.9. The summed E-state index contributed by atoms with van der Waals surface area (Å²) in [6.45, 7) is 0.141. The van der Waals surface area contributed by atoms with Crippen molar-refractivity contribution in [2.24, 2.45) is 0 Å². The van der Waals surface area contributed by atoms with Gasteiger partial charge in [-0.3, -0.25) is 4.79 Å². The van der Waals surface area contributed by atoms with Gasteiger partial charge in [0, 0.05) is 16.0 Å². The van der Waals surface area contributed by atoms with Crippen molar-refractivity contribution in [2.45, 2.75) is 6.10 Å². The van der Waals surface area contributed by atoms with Crippen LogP contribution in [0.3, 0.4) is 0 Å². The number of hydrogen-bond donors (Lipinski definition) is 2. The third-order valence-electron chi connectivity index (χ3n) is 2.83. The molecule has 0 spiro atoms. The summed E-state index contributed by atoms with van der Waals surface area (Å²) in [7, 11) is 0. The molecule has 0 fully saturated rings. The first-order valence-electron chi connectivity index (χ1n) is 6.04. The number of amides is 1. The Bertz CT molecular complexity index is 601. The van der Waals surface area contributed by atoms with Crippen molar-refractivity contribution in [3.63, 3.8) is 0 Å². The molecule has 0 radical (unpaired) electrons. The molecule has 0 bridgehead atoms. The van der Waals surface area contributed by atoms with Crippen molar-refractivity contribution in [2.75, 3.05) is 6.54 Å². The molecule has 0 aliphatic carbocycles. The van der Waals surface area contributed by atoms with Crippen molar-refractivity contribution in [1.29, 1.82) is 0 Å². The van der Waals surface area contributed by atoms with Crippen LogP contribution in [-0.4, -0.2) is 17.6 Å². The van der Waals surface area contributed by atoms with Crippen LogP contribution in [0.1, 0.15) is 22.0 Å². The zero-order chi connectivity index (χ0) is 14.5. The second kappa shape index (κ2) is 6.88. The highest BCUT2D eigenvalue weighted by molar-refractivity contribution is 9.10. The summed E-state index contributed by atoms with van der Waals surface area (Å²) < 4.78 is 0.721. The van der Waals surface area contributed by atoms with Crippen LogP contribution in [0.2, 0.25) is 5.02 Å². The molecule has 2 aromatic carbocycles. The van der Waals surface area contributed by atoms with Crippen LogP contribution in [-0.2, 0) is 0 Å². The van der Waals surface area contributed by atoms with E-state index in [1.807, 2.05) is 6.07 Å². The maximum atomic E-state index is 12.0. The van der Waals surface area contributed by atoms with Gasteiger partial charge in [-0.2, -0.15) is 0 Å². The number of aliphatic hydroxyl groups is 1. The molecular formula is C15H13BrClNO2. The number of carbonyl (C=O) groups is 1. The quantitative estimate of drug-likeness (QED) is 0.882. The lowest BCUT2D eigenvalue weighted by atomic mass is 10.1. The van der Waals surface area contributed by atoms with Crippen molar-refractivity contribution in [3.05, 3.63) is 69.2 Å². The lowest BCUT2D eigenvalue weighted by Crippen LogP contribution is -2.28. The van der Waals surface area contributed by atoms with Crippen molar-refractivity contribution >= 4 is 33.4 Å². The van der Waals surface area contributed by atoms with Crippen LogP contribution < -0.4 is 5.32 Å². The first kappa shape index (κ1) is 15.0. The first-order valence-corrected chi connectivity index (χ1v) is 7.21. The molecule has 104 valence electrons. The van der Waals surface area contributed by atoms with Crippen LogP contribution in [0.4, 0.5) is 0 Å². The summed E-state index contributed by atoms with van der Waals surface area (Å²) in [5, 5.41) is 13.3. The Balaban J connectivity index is 1.97. The molecule has 0 saturated carbocycles. The van der Waals surface area contributed by atoms with E-state index in [1.165, 1.54) is 0 Å². The highest BCUT2D eigenvalue weighted by atomic mass is 79.9. The Hall–Kier alpha value is -1.36. The van der Waals surface area contributed by atoms with Gasteiger partial charge in [0.2, 0.25) is 0 Å². The predicted molar refractivity (Wildman–Crippen MR) is 82.9 cm³/mol. The minimum absolute atomic E-state index is 0.141. The number of nitrogens with one attached hydrogen (secondary N) is 1. The van der Waals surface area contributed by atoms with E-state index in [4.69, 9.17) is 11.6 Å². The van der Waals surface area contributed by atoms with Gasteiger partial charge in [0.25, 0.3) is 5.91 Å². The number of halogens is 2. The molecule has 20 heavy (non-hydrogen) atoms. The van der Waals surface area contributed by atoms with E-state index in [9.17, 15) is 9.90 Å². The van der Waals surface area contributed by atoms with E-state index in [-0.39, 0.29) is 12.5 Å². The van der Waals surface area contributed by atoms with Crippen LogP contribution in [0, 0.1) is 0 Å². The van der Waals surface area contributed by atoms with Crippen LogP contribution in [0.5, 0.6) is 0 Å². The van der Waals surface area contributed by atoms with E-state index in [2.05, 4.69) is 21.2 Å². The predicted octanol–water partition coefficient (Wildman–Crippen LogP) is 3.57. The van der Waals surface area contributed by atoms with Crippen molar-refractivity contribution in [3.8, 4) is 0 Å². The minimum Gasteiger partial charge on any atom is -0.387 e. The third kappa shape index (κ3) is 3.82. The van der Waals surface area contributed by atoms with Gasteiger partial charge in [-0.1, -0.05) is 35.9 Å². The van der Waals surface area contributed by atoms with Gasteiger partial charge in [0.05, 0.1) is 11.7 Å². The summed E-state index contributed by atoms with van der Waals surface area (Å²) in [5.41, 5.74) is 1.25. The summed E-state index contributed by atoms with van der Waals surface area (Å²) in [6.07, 6.45) is -0.765. The minimum atomic E-state index is -0.765. The highest BCUT2D eigenvalue weighted by Crippen LogP contribution is 2.17. The molecule has 0 heterocycles. The monoisotopic (exact) mass is 353 g/mol. The fraction of sp³-hybridized carbons (Fsp3) is 0.133. The van der Waals surface area contributed by atoms with Gasteiger partial charge in [-0.25, -0.2) is 0 Å². The van der Waals surface area contributed by atoms with Gasteiger partial charge in [-0.05, 0) is 45.8 Å². The van der Waals surface area contributed by atoms with Gasteiger partial charge in [0.15, 0.2) is 0 Å². The fourth-order valence-electron chi connectivity index (χ4n) is 1.73. The standard InChI is InChI=1S/C15H13BrClNO2/c16-13-4-2-1-3-12(13)15(20)18-9-14(19)10-5-7-11(17)8-6-10/h1-8,14,19H,9H2,(H,18,20)/t14-/m1/s1. The zero-order valence-electron chi connectivity index (χ0n) is 10.5. The molecule has 1 atom stereocenters. The molecule has 3 nitrogen and oxygen atoms in total. The van der Waals surface area contributed by atoms with Gasteiger partial charge >= 0.3 is 0 Å². The molecule has 2 rings (SSSR count). The molecule has 0 aromatic heterocycles. The number of aliphatic hydroxyl groups excluding tert-OH is 1. The molecule has 0 aliphatic heterocycles. The maximum Gasteiger partial charge on any atom is 0.252 e. The molecule has 2 aromatic rings. The smallest absolute Gasteiger partial charge is 0.252 e. The van der Waals surface area contributed by atoms with E-state index in [0.29, 0.717) is 16.1 Å². The second-order valence-electron chi connectivity index (χ2n) is 4.26. The lowest BCUT2D eigenvalue weighted by Gasteiger charge is -2.13. The SMILES string of the molecule is O=C(NC[C@@H](O)c1ccc(Cl)cc1)c1ccccc1Br. The van der Waals surface area contributed by atoms with Crippen LogP contribution in [0.15, 0.2) is 53.0 Å². The summed E-state index contributed by atoms with van der Waals surface area (Å²) in [4.78, 5) is 12.0.